The van der Waals surface area contributed by atoms with Crippen molar-refractivity contribution in [2.45, 2.75) is 12.5 Å². The van der Waals surface area contributed by atoms with E-state index in [0.29, 0.717) is 6.07 Å². The lowest BCUT2D eigenvalue weighted by Gasteiger charge is -2.12. The molecule has 3 rings (SSSR count). The Morgan fingerprint density at radius 3 is 2.32 bits per heavy atom. The van der Waals surface area contributed by atoms with E-state index >= 15 is 0 Å². The second-order valence-corrected chi connectivity index (χ2v) is 5.15. The van der Waals surface area contributed by atoms with E-state index in [1.807, 2.05) is 4.98 Å². The third-order valence-electron chi connectivity index (χ3n) is 3.19. The smallest absolute Gasteiger partial charge is 0.478 e. The highest BCUT2D eigenvalue weighted by Crippen LogP contribution is 2.32. The van der Waals surface area contributed by atoms with Crippen LogP contribution in [0.2, 0.25) is 0 Å². The van der Waals surface area contributed by atoms with Crippen LogP contribution >= 0.6 is 0 Å². The normalized spacial score (nSPS) is 12.3. The number of H-pyrrole nitrogens is 1. The van der Waals surface area contributed by atoms with E-state index in [-0.39, 0.29) is 23.0 Å². The van der Waals surface area contributed by atoms with Crippen molar-refractivity contribution in [1.82, 2.24) is 19.9 Å². The van der Waals surface area contributed by atoms with E-state index in [1.165, 1.54) is 0 Å². The summed E-state index contributed by atoms with van der Waals surface area (Å²) >= 11 is 0. The van der Waals surface area contributed by atoms with Crippen molar-refractivity contribution < 1.29 is 40.2 Å². The van der Waals surface area contributed by atoms with E-state index in [2.05, 4.69) is 25.0 Å². The molecule has 0 atom stereocenters. The first kappa shape index (κ1) is 19.4. The first-order chi connectivity index (χ1) is 13.0. The van der Waals surface area contributed by atoms with Gasteiger partial charge in [-0.3, -0.25) is 0 Å². The van der Waals surface area contributed by atoms with Crippen molar-refractivity contribution in [3.63, 3.8) is 0 Å². The molecule has 2 heterocycles. The lowest BCUT2D eigenvalue weighted by atomic mass is 10.3. The molecule has 1 aromatic carbocycles. The van der Waals surface area contributed by atoms with Gasteiger partial charge in [-0.25, -0.2) is 14.4 Å². The number of anilines is 2. The summed E-state index contributed by atoms with van der Waals surface area (Å²) in [5, 5.41) is 2.38. The van der Waals surface area contributed by atoms with Crippen LogP contribution in [0.1, 0.15) is 5.82 Å². The number of nitrogens with zero attached hydrogens (tertiary/aromatic N) is 3. The van der Waals surface area contributed by atoms with E-state index in [9.17, 15) is 30.7 Å². The molecule has 0 spiro atoms. The van der Waals surface area contributed by atoms with Crippen molar-refractivity contribution in [2.24, 2.45) is 0 Å². The van der Waals surface area contributed by atoms with Crippen LogP contribution < -0.4 is 14.8 Å². The highest BCUT2D eigenvalue weighted by Gasteiger charge is 2.35. The molecule has 2 N–H and O–H groups in total. The fraction of sp³-hybridized carbons (Fsp3) is 0.214. The predicted molar refractivity (Wildman–Crippen MR) is 79.6 cm³/mol. The summed E-state index contributed by atoms with van der Waals surface area (Å²) in [6, 6.07) is 2.21. The summed E-state index contributed by atoms with van der Waals surface area (Å²) in [7, 11) is 1.13. The van der Waals surface area contributed by atoms with Crippen LogP contribution in [0.15, 0.2) is 18.2 Å². The van der Waals surface area contributed by atoms with Crippen LogP contribution in [0.3, 0.4) is 0 Å². The minimum atomic E-state index is -5.00. The SMILES string of the molecule is COc1nc2nc(C(F)(F)F)[nH]c2nc1Nc1ccc(OC(F)(F)F)cc1F. The van der Waals surface area contributed by atoms with Gasteiger partial charge in [0.15, 0.2) is 11.5 Å². The number of alkyl halides is 6. The maximum atomic E-state index is 14.1. The second-order valence-electron chi connectivity index (χ2n) is 5.15. The number of nitrogens with one attached hydrogen (secondary N) is 2. The number of rotatable bonds is 4. The molecule has 0 radical (unpaired) electrons. The number of methoxy groups -OCH3 is 1. The van der Waals surface area contributed by atoms with Gasteiger partial charge in [0.2, 0.25) is 11.5 Å². The Labute approximate surface area is 150 Å². The Hall–Kier alpha value is -3.32. The van der Waals surface area contributed by atoms with Crippen LogP contribution in [-0.4, -0.2) is 33.4 Å². The monoisotopic (exact) mass is 411 g/mol. The Morgan fingerprint density at radius 2 is 1.75 bits per heavy atom. The minimum Gasteiger partial charge on any atom is -0.478 e. The van der Waals surface area contributed by atoms with Gasteiger partial charge >= 0.3 is 12.5 Å². The molecular formula is C14H8F7N5O2. The lowest BCUT2D eigenvalue weighted by Crippen LogP contribution is -2.17. The minimum absolute atomic E-state index is 0.296. The van der Waals surface area contributed by atoms with Gasteiger partial charge in [0.1, 0.15) is 11.6 Å². The van der Waals surface area contributed by atoms with Crippen LogP contribution in [0.5, 0.6) is 11.6 Å². The molecule has 150 valence electrons. The standard InChI is InChI=1S/C14H8F7N5O2/c1-27-11-10(23-8-9(24-11)26-12(25-8)13(16,17)18)22-7-3-2-5(4-6(7)15)28-14(19,20)21/h2-4H,1H3,(H2,22,23,24,25,26). The van der Waals surface area contributed by atoms with Gasteiger partial charge in [-0.15, -0.1) is 13.2 Å². The van der Waals surface area contributed by atoms with Gasteiger partial charge < -0.3 is 19.8 Å². The fourth-order valence-corrected chi connectivity index (χ4v) is 2.10. The molecule has 0 aliphatic carbocycles. The van der Waals surface area contributed by atoms with Gasteiger partial charge in [0.25, 0.3) is 5.88 Å². The summed E-state index contributed by atoms with van der Waals surface area (Å²) in [6.07, 6.45) is -9.78. The van der Waals surface area contributed by atoms with Crippen molar-refractivity contribution in [1.29, 1.82) is 0 Å². The Morgan fingerprint density at radius 1 is 1.04 bits per heavy atom. The van der Waals surface area contributed by atoms with Crippen LogP contribution in [0.25, 0.3) is 11.3 Å². The fourth-order valence-electron chi connectivity index (χ4n) is 2.10. The zero-order valence-corrected chi connectivity index (χ0v) is 13.5. The predicted octanol–water partition coefficient (Wildman–Crippen LogP) is 4.16. The van der Waals surface area contributed by atoms with Crippen molar-refractivity contribution in [3.05, 3.63) is 29.8 Å². The lowest BCUT2D eigenvalue weighted by molar-refractivity contribution is -0.274. The Balaban J connectivity index is 1.95. The molecule has 28 heavy (non-hydrogen) atoms. The van der Waals surface area contributed by atoms with Gasteiger partial charge in [0.05, 0.1) is 12.8 Å². The molecule has 0 aliphatic heterocycles. The molecule has 0 fully saturated rings. The molecule has 0 bridgehead atoms. The maximum absolute atomic E-state index is 14.1. The number of ether oxygens (including phenoxy) is 2. The van der Waals surface area contributed by atoms with Crippen LogP contribution in [-0.2, 0) is 6.18 Å². The van der Waals surface area contributed by atoms with E-state index in [1.54, 1.807) is 0 Å². The quantitative estimate of drug-likeness (QED) is 0.628. The molecule has 0 saturated heterocycles. The average molecular weight is 411 g/mol. The summed E-state index contributed by atoms with van der Waals surface area (Å²) in [5.74, 6) is -3.90. The van der Waals surface area contributed by atoms with Gasteiger partial charge in [-0.1, -0.05) is 0 Å². The number of aromatic nitrogens is 4. The van der Waals surface area contributed by atoms with Gasteiger partial charge in [-0.2, -0.15) is 18.2 Å². The molecule has 0 aliphatic rings. The Kier molecular flexibility index (Phi) is 4.64. The summed E-state index contributed by atoms with van der Waals surface area (Å²) in [4.78, 5) is 12.7. The molecule has 2 aromatic heterocycles. The Bertz CT molecular complexity index is 1020. The molecular weight excluding hydrogens is 403 g/mol. The molecule has 3 aromatic rings. The van der Waals surface area contributed by atoms with E-state index < -0.39 is 35.6 Å². The molecule has 0 amide bonds. The largest absolute Gasteiger partial charge is 0.573 e. The van der Waals surface area contributed by atoms with Crippen molar-refractivity contribution in [2.75, 3.05) is 12.4 Å². The van der Waals surface area contributed by atoms with Crippen molar-refractivity contribution in [3.8, 4) is 11.6 Å². The number of benzene rings is 1. The summed E-state index contributed by atoms with van der Waals surface area (Å²) in [5.41, 5.74) is -1.12. The number of hydrogen-bond acceptors (Lipinski definition) is 6. The highest BCUT2D eigenvalue weighted by molar-refractivity contribution is 5.73. The zero-order valence-electron chi connectivity index (χ0n) is 13.5. The van der Waals surface area contributed by atoms with E-state index in [0.717, 1.165) is 19.2 Å². The topological polar surface area (TPSA) is 85.0 Å². The highest BCUT2D eigenvalue weighted by atomic mass is 19.4. The molecule has 14 heteroatoms. The third kappa shape index (κ3) is 4.15. The number of hydrogen-bond donors (Lipinski definition) is 2. The third-order valence-corrected chi connectivity index (χ3v) is 3.19. The maximum Gasteiger partial charge on any atom is 0.573 e. The van der Waals surface area contributed by atoms with Gasteiger partial charge in [-0.05, 0) is 12.1 Å². The number of imidazole rings is 1. The zero-order chi connectivity index (χ0) is 20.7. The van der Waals surface area contributed by atoms with Crippen LogP contribution in [0.4, 0.5) is 42.2 Å². The van der Waals surface area contributed by atoms with Gasteiger partial charge in [0, 0.05) is 6.07 Å². The second kappa shape index (κ2) is 6.69. The number of fused-ring (bicyclic) bond motifs is 1. The summed E-state index contributed by atoms with van der Waals surface area (Å²) in [6.45, 7) is 0. The molecule has 7 nitrogen and oxygen atoms in total. The molecule has 0 saturated carbocycles. The summed E-state index contributed by atoms with van der Waals surface area (Å²) < 4.78 is 97.2. The first-order valence-corrected chi connectivity index (χ1v) is 7.17. The average Bonchev–Trinajstić information content (AvgIpc) is 2.98. The van der Waals surface area contributed by atoms with Crippen LogP contribution in [0, 0.1) is 5.82 Å². The molecule has 0 unspecified atom stereocenters. The van der Waals surface area contributed by atoms with E-state index in [4.69, 9.17) is 4.74 Å². The number of halogens is 7. The van der Waals surface area contributed by atoms with Crippen molar-refractivity contribution >= 4 is 22.8 Å². The number of aromatic amines is 1. The first-order valence-electron chi connectivity index (χ1n) is 7.17.